The Balaban J connectivity index is 2.22. The Kier molecular flexibility index (Phi) is 2.88. The van der Waals surface area contributed by atoms with Gasteiger partial charge in [-0.2, -0.15) is 0 Å². The summed E-state index contributed by atoms with van der Waals surface area (Å²) in [6.45, 7) is 1.13. The van der Waals surface area contributed by atoms with Crippen LogP contribution in [0, 0.1) is 0 Å². The SMILES string of the molecule is COC1(C(=O)c2ccoc2)CCOCC1. The molecule has 0 amide bonds. The van der Waals surface area contributed by atoms with Crippen LogP contribution in [0.5, 0.6) is 0 Å². The molecule has 0 aliphatic carbocycles. The van der Waals surface area contributed by atoms with Gasteiger partial charge in [0.2, 0.25) is 0 Å². The van der Waals surface area contributed by atoms with Crippen molar-refractivity contribution in [3.8, 4) is 0 Å². The minimum absolute atomic E-state index is 0.0120. The minimum atomic E-state index is -0.720. The summed E-state index contributed by atoms with van der Waals surface area (Å²) in [6, 6.07) is 1.67. The van der Waals surface area contributed by atoms with Crippen LogP contribution in [0.4, 0.5) is 0 Å². The molecule has 0 saturated carbocycles. The zero-order chi connectivity index (χ0) is 10.7. The molecule has 15 heavy (non-hydrogen) atoms. The molecule has 0 unspecified atom stereocenters. The molecule has 1 aliphatic rings. The van der Waals surface area contributed by atoms with Gasteiger partial charge in [-0.25, -0.2) is 0 Å². The molecular weight excluding hydrogens is 196 g/mol. The van der Waals surface area contributed by atoms with Gasteiger partial charge in [0.25, 0.3) is 0 Å². The summed E-state index contributed by atoms with van der Waals surface area (Å²) in [5.41, 5.74) is -0.152. The normalized spacial score (nSPS) is 20.1. The van der Waals surface area contributed by atoms with E-state index in [4.69, 9.17) is 13.9 Å². The summed E-state index contributed by atoms with van der Waals surface area (Å²) in [6.07, 6.45) is 4.16. The molecule has 1 saturated heterocycles. The number of carbonyl (C=O) groups is 1. The van der Waals surface area contributed by atoms with E-state index in [0.717, 1.165) is 0 Å². The van der Waals surface area contributed by atoms with E-state index in [2.05, 4.69) is 0 Å². The standard InChI is InChI=1S/C11H14O4/c1-13-11(3-6-14-7-4-11)10(12)9-2-5-15-8-9/h2,5,8H,3-4,6-7H2,1H3. The Labute approximate surface area is 88.2 Å². The summed E-state index contributed by atoms with van der Waals surface area (Å²) in [5.74, 6) is -0.0120. The highest BCUT2D eigenvalue weighted by molar-refractivity contribution is 6.02. The van der Waals surface area contributed by atoms with E-state index in [1.165, 1.54) is 12.5 Å². The first-order valence-electron chi connectivity index (χ1n) is 4.98. The zero-order valence-electron chi connectivity index (χ0n) is 8.69. The number of rotatable bonds is 3. The van der Waals surface area contributed by atoms with E-state index in [1.807, 2.05) is 0 Å². The maximum absolute atomic E-state index is 12.2. The largest absolute Gasteiger partial charge is 0.472 e. The Hall–Kier alpha value is -1.13. The van der Waals surface area contributed by atoms with Crippen LogP contribution in [0.2, 0.25) is 0 Å². The average molecular weight is 210 g/mol. The van der Waals surface area contributed by atoms with E-state index in [-0.39, 0.29) is 5.78 Å². The van der Waals surface area contributed by atoms with Gasteiger partial charge in [0.05, 0.1) is 11.8 Å². The molecule has 1 fully saturated rings. The molecule has 0 bridgehead atoms. The number of hydrogen-bond acceptors (Lipinski definition) is 4. The van der Waals surface area contributed by atoms with Gasteiger partial charge in [-0.1, -0.05) is 0 Å². The molecule has 1 aromatic rings. The van der Waals surface area contributed by atoms with Gasteiger partial charge < -0.3 is 13.9 Å². The predicted octanol–water partition coefficient (Wildman–Crippen LogP) is 1.66. The van der Waals surface area contributed by atoms with Crippen LogP contribution in [0.3, 0.4) is 0 Å². The Morgan fingerprint density at radius 1 is 1.47 bits per heavy atom. The summed E-state index contributed by atoms with van der Waals surface area (Å²) >= 11 is 0. The molecule has 0 atom stereocenters. The molecular formula is C11H14O4. The maximum atomic E-state index is 12.2. The van der Waals surface area contributed by atoms with Crippen molar-refractivity contribution in [2.45, 2.75) is 18.4 Å². The molecule has 0 spiro atoms. The summed E-state index contributed by atoms with van der Waals surface area (Å²) in [4.78, 5) is 12.2. The molecule has 0 N–H and O–H groups in total. The van der Waals surface area contributed by atoms with Gasteiger partial charge in [0.15, 0.2) is 5.78 Å². The smallest absolute Gasteiger partial charge is 0.197 e. The second kappa shape index (κ2) is 4.16. The lowest BCUT2D eigenvalue weighted by Crippen LogP contribution is -2.45. The second-order valence-electron chi connectivity index (χ2n) is 3.65. The molecule has 2 rings (SSSR count). The average Bonchev–Trinajstić information content (AvgIpc) is 2.82. The van der Waals surface area contributed by atoms with E-state index in [9.17, 15) is 4.79 Å². The van der Waals surface area contributed by atoms with Crippen molar-refractivity contribution in [1.29, 1.82) is 0 Å². The molecule has 0 aromatic carbocycles. The van der Waals surface area contributed by atoms with E-state index in [0.29, 0.717) is 31.6 Å². The fraction of sp³-hybridized carbons (Fsp3) is 0.545. The van der Waals surface area contributed by atoms with Crippen LogP contribution >= 0.6 is 0 Å². The van der Waals surface area contributed by atoms with Gasteiger partial charge in [-0.05, 0) is 6.07 Å². The van der Waals surface area contributed by atoms with Crippen molar-refractivity contribution >= 4 is 5.78 Å². The maximum Gasteiger partial charge on any atom is 0.197 e. The first-order chi connectivity index (χ1) is 7.28. The fourth-order valence-electron chi connectivity index (χ4n) is 1.88. The molecule has 4 nitrogen and oxygen atoms in total. The van der Waals surface area contributed by atoms with Gasteiger partial charge in [0, 0.05) is 33.2 Å². The van der Waals surface area contributed by atoms with Gasteiger partial charge in [-0.3, -0.25) is 4.79 Å². The molecule has 1 aliphatic heterocycles. The predicted molar refractivity (Wildman–Crippen MR) is 52.8 cm³/mol. The van der Waals surface area contributed by atoms with E-state index >= 15 is 0 Å². The van der Waals surface area contributed by atoms with Crippen LogP contribution in [0.25, 0.3) is 0 Å². The fourth-order valence-corrected chi connectivity index (χ4v) is 1.88. The Morgan fingerprint density at radius 3 is 2.73 bits per heavy atom. The number of methoxy groups -OCH3 is 1. The number of carbonyl (C=O) groups excluding carboxylic acids is 1. The highest BCUT2D eigenvalue weighted by Gasteiger charge is 2.40. The third-order valence-corrected chi connectivity index (χ3v) is 2.89. The van der Waals surface area contributed by atoms with Crippen molar-refractivity contribution in [3.63, 3.8) is 0 Å². The molecule has 4 heteroatoms. The Morgan fingerprint density at radius 2 is 2.20 bits per heavy atom. The first-order valence-corrected chi connectivity index (χ1v) is 4.98. The van der Waals surface area contributed by atoms with E-state index in [1.54, 1.807) is 13.2 Å². The van der Waals surface area contributed by atoms with Crippen molar-refractivity contribution in [2.75, 3.05) is 20.3 Å². The third-order valence-electron chi connectivity index (χ3n) is 2.89. The second-order valence-corrected chi connectivity index (χ2v) is 3.65. The van der Waals surface area contributed by atoms with Gasteiger partial charge in [-0.15, -0.1) is 0 Å². The number of Topliss-reactive ketones (excluding diaryl/α,β-unsaturated/α-hetero) is 1. The van der Waals surface area contributed by atoms with Crippen LogP contribution in [0.1, 0.15) is 23.2 Å². The summed E-state index contributed by atoms with van der Waals surface area (Å²) < 4.78 is 15.5. The van der Waals surface area contributed by atoms with Crippen molar-refractivity contribution < 1.29 is 18.7 Å². The highest BCUT2D eigenvalue weighted by atomic mass is 16.5. The van der Waals surface area contributed by atoms with Crippen LogP contribution in [-0.4, -0.2) is 31.7 Å². The highest BCUT2D eigenvalue weighted by Crippen LogP contribution is 2.28. The van der Waals surface area contributed by atoms with Crippen LogP contribution in [0.15, 0.2) is 23.0 Å². The molecule has 1 aromatic heterocycles. The lowest BCUT2D eigenvalue weighted by Gasteiger charge is -2.33. The summed E-state index contributed by atoms with van der Waals surface area (Å²) in [5, 5.41) is 0. The lowest BCUT2D eigenvalue weighted by atomic mass is 9.86. The quantitative estimate of drug-likeness (QED) is 0.712. The number of hydrogen-bond donors (Lipinski definition) is 0. The molecule has 0 radical (unpaired) electrons. The van der Waals surface area contributed by atoms with Crippen LogP contribution in [-0.2, 0) is 9.47 Å². The minimum Gasteiger partial charge on any atom is -0.472 e. The molecule has 2 heterocycles. The number of furan rings is 1. The topological polar surface area (TPSA) is 48.7 Å². The first kappa shape index (κ1) is 10.4. The van der Waals surface area contributed by atoms with Gasteiger partial charge in [0.1, 0.15) is 11.9 Å². The van der Waals surface area contributed by atoms with Gasteiger partial charge >= 0.3 is 0 Å². The van der Waals surface area contributed by atoms with Crippen molar-refractivity contribution in [3.05, 3.63) is 24.2 Å². The number of ketones is 1. The lowest BCUT2D eigenvalue weighted by molar-refractivity contribution is -0.0663. The summed E-state index contributed by atoms with van der Waals surface area (Å²) in [7, 11) is 1.57. The Bertz CT molecular complexity index is 322. The van der Waals surface area contributed by atoms with Crippen molar-refractivity contribution in [1.82, 2.24) is 0 Å². The zero-order valence-corrected chi connectivity index (χ0v) is 8.69. The molecule has 82 valence electrons. The van der Waals surface area contributed by atoms with Crippen molar-refractivity contribution in [2.24, 2.45) is 0 Å². The monoisotopic (exact) mass is 210 g/mol. The number of ether oxygens (including phenoxy) is 2. The third kappa shape index (κ3) is 1.82. The van der Waals surface area contributed by atoms with Crippen LogP contribution < -0.4 is 0 Å². The van der Waals surface area contributed by atoms with E-state index < -0.39 is 5.60 Å².